The normalized spacial score (nSPS) is 10.2. The Balaban J connectivity index is 2.44. The summed E-state index contributed by atoms with van der Waals surface area (Å²) in [7, 11) is 0. The number of pyridine rings is 1. The number of hydrogen-bond donors (Lipinski definition) is 2. The first-order chi connectivity index (χ1) is 8.08. The molecule has 0 aliphatic carbocycles. The van der Waals surface area contributed by atoms with Crippen LogP contribution >= 0.6 is 11.6 Å². The van der Waals surface area contributed by atoms with E-state index in [2.05, 4.69) is 4.98 Å². The third-order valence-electron chi connectivity index (χ3n) is 2.52. The lowest BCUT2D eigenvalue weighted by molar-refractivity contribution is 1.18. The van der Waals surface area contributed by atoms with Crippen molar-refractivity contribution in [1.29, 1.82) is 5.41 Å². The molecule has 0 fully saturated rings. The highest BCUT2D eigenvalue weighted by Crippen LogP contribution is 2.20. The first-order valence-corrected chi connectivity index (χ1v) is 5.53. The average molecular weight is 246 g/mol. The molecule has 1 aromatic carbocycles. The van der Waals surface area contributed by atoms with Crippen molar-refractivity contribution in [2.75, 3.05) is 0 Å². The summed E-state index contributed by atoms with van der Waals surface area (Å²) in [6, 6.07) is 11.1. The summed E-state index contributed by atoms with van der Waals surface area (Å²) in [6.07, 6.45) is 0. The Morgan fingerprint density at radius 1 is 1.18 bits per heavy atom. The molecule has 3 nitrogen and oxygen atoms in total. The smallest absolute Gasteiger partial charge is 0.124 e. The summed E-state index contributed by atoms with van der Waals surface area (Å²) in [4.78, 5) is 4.43. The zero-order chi connectivity index (χ0) is 12.4. The molecule has 0 unspecified atom stereocenters. The molecule has 0 amide bonds. The second kappa shape index (κ2) is 4.55. The van der Waals surface area contributed by atoms with Gasteiger partial charge < -0.3 is 5.73 Å². The van der Waals surface area contributed by atoms with Crippen LogP contribution in [0, 0.1) is 12.3 Å². The van der Waals surface area contributed by atoms with Gasteiger partial charge in [0, 0.05) is 21.8 Å². The number of nitrogens with one attached hydrogen (secondary N) is 1. The van der Waals surface area contributed by atoms with Crippen molar-refractivity contribution in [3.05, 3.63) is 52.7 Å². The molecule has 0 atom stereocenters. The Bertz CT molecular complexity index is 561. The van der Waals surface area contributed by atoms with E-state index in [0.29, 0.717) is 10.6 Å². The summed E-state index contributed by atoms with van der Waals surface area (Å²) in [6.45, 7) is 1.84. The number of nitrogens with two attached hydrogens (primary N) is 1. The molecule has 0 aliphatic heterocycles. The zero-order valence-corrected chi connectivity index (χ0v) is 10.1. The van der Waals surface area contributed by atoms with E-state index in [9.17, 15) is 0 Å². The summed E-state index contributed by atoms with van der Waals surface area (Å²) >= 11 is 5.83. The molecule has 4 heteroatoms. The minimum absolute atomic E-state index is 0.0395. The molecule has 1 heterocycles. The molecule has 17 heavy (non-hydrogen) atoms. The van der Waals surface area contributed by atoms with Gasteiger partial charge in [-0.3, -0.25) is 10.4 Å². The van der Waals surface area contributed by atoms with Gasteiger partial charge in [-0.15, -0.1) is 0 Å². The Kier molecular flexibility index (Phi) is 3.11. The Morgan fingerprint density at radius 2 is 1.82 bits per heavy atom. The van der Waals surface area contributed by atoms with Crippen molar-refractivity contribution < 1.29 is 0 Å². The minimum atomic E-state index is 0.0395. The fourth-order valence-corrected chi connectivity index (χ4v) is 1.75. The lowest BCUT2D eigenvalue weighted by atomic mass is 10.1. The lowest BCUT2D eigenvalue weighted by Crippen LogP contribution is -2.13. The first-order valence-electron chi connectivity index (χ1n) is 5.16. The van der Waals surface area contributed by atoms with Crippen molar-refractivity contribution >= 4 is 17.4 Å². The number of rotatable bonds is 2. The van der Waals surface area contributed by atoms with E-state index in [1.807, 2.05) is 43.3 Å². The second-order valence-electron chi connectivity index (χ2n) is 3.75. The van der Waals surface area contributed by atoms with Crippen LogP contribution in [0.1, 0.15) is 11.3 Å². The Hall–Kier alpha value is -1.87. The molecule has 86 valence electrons. The van der Waals surface area contributed by atoms with Gasteiger partial charge in [0.1, 0.15) is 5.84 Å². The van der Waals surface area contributed by atoms with Crippen LogP contribution in [0.15, 0.2) is 36.4 Å². The van der Waals surface area contributed by atoms with Crippen LogP contribution in [-0.2, 0) is 0 Å². The van der Waals surface area contributed by atoms with E-state index >= 15 is 0 Å². The topological polar surface area (TPSA) is 62.8 Å². The van der Waals surface area contributed by atoms with Crippen LogP contribution in [0.3, 0.4) is 0 Å². The van der Waals surface area contributed by atoms with Crippen molar-refractivity contribution in [3.8, 4) is 11.3 Å². The molecular formula is C13H12ClN3. The van der Waals surface area contributed by atoms with Crippen molar-refractivity contribution in [3.63, 3.8) is 0 Å². The second-order valence-corrected chi connectivity index (χ2v) is 4.19. The summed E-state index contributed by atoms with van der Waals surface area (Å²) in [5, 5.41) is 8.10. The number of hydrogen-bond acceptors (Lipinski definition) is 2. The maximum Gasteiger partial charge on any atom is 0.124 e. The molecule has 2 rings (SSSR count). The first kappa shape index (κ1) is 11.6. The van der Waals surface area contributed by atoms with E-state index < -0.39 is 0 Å². The van der Waals surface area contributed by atoms with Gasteiger partial charge in [0.05, 0.1) is 5.69 Å². The van der Waals surface area contributed by atoms with Crippen molar-refractivity contribution in [2.24, 2.45) is 5.73 Å². The van der Waals surface area contributed by atoms with Crippen LogP contribution in [0.2, 0.25) is 5.02 Å². The number of aryl methyl sites for hydroxylation is 1. The lowest BCUT2D eigenvalue weighted by Gasteiger charge is -2.06. The van der Waals surface area contributed by atoms with Crippen LogP contribution in [0.5, 0.6) is 0 Å². The SMILES string of the molecule is Cc1nc(-c2ccc(Cl)cc2)ccc1C(=N)N. The van der Waals surface area contributed by atoms with Crippen LogP contribution in [-0.4, -0.2) is 10.8 Å². The largest absolute Gasteiger partial charge is 0.384 e. The molecule has 0 radical (unpaired) electrons. The van der Waals surface area contributed by atoms with E-state index in [0.717, 1.165) is 17.0 Å². The molecule has 0 saturated heterocycles. The summed E-state index contributed by atoms with van der Waals surface area (Å²) < 4.78 is 0. The monoisotopic (exact) mass is 245 g/mol. The molecule has 0 spiro atoms. The van der Waals surface area contributed by atoms with Crippen LogP contribution in [0.25, 0.3) is 11.3 Å². The molecule has 1 aromatic heterocycles. The predicted molar refractivity (Wildman–Crippen MR) is 70.4 cm³/mol. The number of benzene rings is 1. The number of nitrogens with zero attached hydrogens (tertiary/aromatic N) is 1. The number of halogens is 1. The fraction of sp³-hybridized carbons (Fsp3) is 0.0769. The van der Waals surface area contributed by atoms with Crippen molar-refractivity contribution in [2.45, 2.75) is 6.92 Å². The van der Waals surface area contributed by atoms with E-state index in [1.54, 1.807) is 0 Å². The molecule has 3 N–H and O–H groups in total. The maximum absolute atomic E-state index is 7.40. The van der Waals surface area contributed by atoms with Gasteiger partial charge >= 0.3 is 0 Å². The standard InChI is InChI=1S/C13H12ClN3/c1-8-11(13(15)16)6-7-12(17-8)9-2-4-10(14)5-3-9/h2-7H,1H3,(H3,15,16). The van der Waals surface area contributed by atoms with Crippen LogP contribution < -0.4 is 5.73 Å². The summed E-state index contributed by atoms with van der Waals surface area (Å²) in [5.41, 5.74) is 8.72. The van der Waals surface area contributed by atoms with Gasteiger partial charge in [-0.05, 0) is 31.2 Å². The van der Waals surface area contributed by atoms with Crippen LogP contribution in [0.4, 0.5) is 0 Å². The maximum atomic E-state index is 7.40. The highest BCUT2D eigenvalue weighted by Gasteiger charge is 2.05. The third-order valence-corrected chi connectivity index (χ3v) is 2.77. The highest BCUT2D eigenvalue weighted by atomic mass is 35.5. The number of amidine groups is 1. The molecule has 0 saturated carbocycles. The zero-order valence-electron chi connectivity index (χ0n) is 9.37. The van der Waals surface area contributed by atoms with E-state index in [1.165, 1.54) is 0 Å². The van der Waals surface area contributed by atoms with Gasteiger partial charge in [-0.2, -0.15) is 0 Å². The predicted octanol–water partition coefficient (Wildman–Crippen LogP) is 2.99. The quantitative estimate of drug-likeness (QED) is 0.631. The molecule has 0 aliphatic rings. The Morgan fingerprint density at radius 3 is 2.35 bits per heavy atom. The van der Waals surface area contributed by atoms with Gasteiger partial charge in [0.15, 0.2) is 0 Å². The molecular weight excluding hydrogens is 234 g/mol. The molecule has 2 aromatic rings. The van der Waals surface area contributed by atoms with E-state index in [4.69, 9.17) is 22.7 Å². The number of aromatic nitrogens is 1. The number of nitrogen functional groups attached to an aromatic ring is 1. The van der Waals surface area contributed by atoms with Gasteiger partial charge in [-0.25, -0.2) is 0 Å². The minimum Gasteiger partial charge on any atom is -0.384 e. The van der Waals surface area contributed by atoms with Gasteiger partial charge in [-0.1, -0.05) is 23.7 Å². The molecule has 0 bridgehead atoms. The van der Waals surface area contributed by atoms with E-state index in [-0.39, 0.29) is 5.84 Å². The Labute approximate surface area is 105 Å². The highest BCUT2D eigenvalue weighted by molar-refractivity contribution is 6.30. The van der Waals surface area contributed by atoms with Crippen molar-refractivity contribution in [1.82, 2.24) is 4.98 Å². The summed E-state index contributed by atoms with van der Waals surface area (Å²) in [5.74, 6) is 0.0395. The van der Waals surface area contributed by atoms with Gasteiger partial charge in [0.25, 0.3) is 0 Å². The average Bonchev–Trinajstić information content (AvgIpc) is 2.29. The third kappa shape index (κ3) is 2.45. The van der Waals surface area contributed by atoms with Gasteiger partial charge in [0.2, 0.25) is 0 Å². The fourth-order valence-electron chi connectivity index (χ4n) is 1.63.